The normalized spacial score (nSPS) is 11.7. The lowest BCUT2D eigenvalue weighted by Crippen LogP contribution is -2.39. The Hall–Kier alpha value is -1.55. The Bertz CT molecular complexity index is 615. The molecule has 4 heteroatoms. The van der Waals surface area contributed by atoms with Gasteiger partial charge in [-0.2, -0.15) is 0 Å². The first-order valence-corrected chi connectivity index (χ1v) is 9.55. The van der Waals surface area contributed by atoms with Gasteiger partial charge in [0.25, 0.3) is 0 Å². The molecule has 0 saturated carbocycles. The van der Waals surface area contributed by atoms with Crippen LogP contribution in [0.5, 0.6) is 0 Å². The quantitative estimate of drug-likeness (QED) is 0.568. The van der Waals surface area contributed by atoms with E-state index in [9.17, 15) is 13.2 Å². The van der Waals surface area contributed by atoms with E-state index in [1.54, 1.807) is 12.1 Å². The van der Waals surface area contributed by atoms with Crippen LogP contribution in [0.4, 0.5) is 13.2 Å². The predicted molar refractivity (Wildman–Crippen MR) is 74.7 cm³/mol. The molecule has 2 rings (SSSR count). The number of hydrogen-bond acceptors (Lipinski definition) is 0. The summed E-state index contributed by atoms with van der Waals surface area (Å²) in [6, 6.07) is 9.61. The van der Waals surface area contributed by atoms with E-state index in [0.717, 1.165) is 11.3 Å². The minimum Gasteiger partial charge on any atom is -0.204 e. The smallest absolute Gasteiger partial charge is 0.195 e. The molecule has 0 aliphatic carbocycles. The number of rotatable bonds is 2. The van der Waals surface area contributed by atoms with E-state index in [2.05, 4.69) is 19.6 Å². The highest BCUT2D eigenvalue weighted by molar-refractivity contribution is 6.89. The first kappa shape index (κ1) is 13.9. The third kappa shape index (κ3) is 2.58. The highest BCUT2D eigenvalue weighted by atomic mass is 28.3. The summed E-state index contributed by atoms with van der Waals surface area (Å²) in [5.41, 5.74) is 0.773. The van der Waals surface area contributed by atoms with Crippen molar-refractivity contribution in [1.29, 1.82) is 0 Å². The molecule has 0 heterocycles. The molecule has 0 aromatic heterocycles. The molecule has 0 amide bonds. The maximum Gasteiger partial charge on any atom is 0.195 e. The second-order valence-electron chi connectivity index (χ2n) is 5.52. The first-order valence-electron chi connectivity index (χ1n) is 6.05. The molecule has 100 valence electrons. The van der Waals surface area contributed by atoms with Crippen molar-refractivity contribution >= 4 is 13.3 Å². The van der Waals surface area contributed by atoms with Gasteiger partial charge in [0, 0.05) is 5.56 Å². The maximum atomic E-state index is 13.9. The lowest BCUT2D eigenvalue weighted by atomic mass is 10.0. The molecule has 0 N–H and O–H groups in total. The highest BCUT2D eigenvalue weighted by Crippen LogP contribution is 2.26. The third-order valence-corrected chi connectivity index (χ3v) is 5.11. The summed E-state index contributed by atoms with van der Waals surface area (Å²) in [6.07, 6.45) is 0. The van der Waals surface area contributed by atoms with Crippen LogP contribution in [-0.2, 0) is 0 Å². The fourth-order valence-electron chi connectivity index (χ4n) is 2.11. The molecule has 0 saturated heterocycles. The van der Waals surface area contributed by atoms with Crippen molar-refractivity contribution in [1.82, 2.24) is 0 Å². The average molecular weight is 280 g/mol. The summed E-state index contributed by atoms with van der Waals surface area (Å²) in [7, 11) is -1.70. The molecule has 19 heavy (non-hydrogen) atoms. The first-order chi connectivity index (χ1) is 8.82. The molecule has 2 aromatic carbocycles. The van der Waals surface area contributed by atoms with Crippen LogP contribution in [0.25, 0.3) is 11.1 Å². The van der Waals surface area contributed by atoms with Crippen molar-refractivity contribution in [2.45, 2.75) is 19.6 Å². The summed E-state index contributed by atoms with van der Waals surface area (Å²) in [4.78, 5) is 0. The minimum atomic E-state index is -1.70. The zero-order valence-corrected chi connectivity index (χ0v) is 12.1. The van der Waals surface area contributed by atoms with E-state index in [4.69, 9.17) is 0 Å². The number of halogens is 3. The van der Waals surface area contributed by atoms with Gasteiger partial charge in [0.1, 0.15) is 0 Å². The van der Waals surface area contributed by atoms with Crippen LogP contribution in [0.15, 0.2) is 36.4 Å². The maximum absolute atomic E-state index is 13.9. The van der Waals surface area contributed by atoms with Gasteiger partial charge in [-0.15, -0.1) is 0 Å². The average Bonchev–Trinajstić information content (AvgIpc) is 2.35. The molecular weight excluding hydrogens is 265 g/mol. The SMILES string of the molecule is C[Si](C)(C)c1ccccc1-c1ccc(F)c(F)c1F. The lowest BCUT2D eigenvalue weighted by molar-refractivity contribution is 0.449. The summed E-state index contributed by atoms with van der Waals surface area (Å²) in [6.45, 7) is 6.39. The van der Waals surface area contributed by atoms with Crippen LogP contribution in [0.1, 0.15) is 0 Å². The monoisotopic (exact) mass is 280 g/mol. The zero-order chi connectivity index (χ0) is 14.2. The summed E-state index contributed by atoms with van der Waals surface area (Å²) in [5.74, 6) is -3.69. The van der Waals surface area contributed by atoms with E-state index in [1.807, 2.05) is 12.1 Å². The van der Waals surface area contributed by atoms with Gasteiger partial charge in [0.15, 0.2) is 17.5 Å². The minimum absolute atomic E-state index is 0.122. The van der Waals surface area contributed by atoms with Crippen molar-refractivity contribution in [2.75, 3.05) is 0 Å². The Morgan fingerprint density at radius 1 is 0.737 bits per heavy atom. The van der Waals surface area contributed by atoms with Crippen molar-refractivity contribution in [3.05, 3.63) is 53.8 Å². The Labute approximate surface area is 111 Å². The molecule has 0 bridgehead atoms. The molecule has 2 aromatic rings. The van der Waals surface area contributed by atoms with E-state index in [1.165, 1.54) is 6.07 Å². The molecule has 0 atom stereocenters. The standard InChI is InChI=1S/C15H15F3Si/c1-19(2,3)13-7-5-4-6-10(13)11-8-9-12(16)15(18)14(11)17/h4-9H,1-3H3. The van der Waals surface area contributed by atoms with Gasteiger partial charge in [-0.1, -0.05) is 49.1 Å². The third-order valence-electron chi connectivity index (χ3n) is 3.06. The fourth-order valence-corrected chi connectivity index (χ4v) is 3.73. The number of benzene rings is 2. The van der Waals surface area contributed by atoms with Crippen molar-refractivity contribution in [3.8, 4) is 11.1 Å². The summed E-state index contributed by atoms with van der Waals surface area (Å²) < 4.78 is 40.3. The second-order valence-corrected chi connectivity index (χ2v) is 10.6. The largest absolute Gasteiger partial charge is 0.204 e. The molecule has 0 aliphatic rings. The fraction of sp³-hybridized carbons (Fsp3) is 0.200. The Kier molecular flexibility index (Phi) is 3.54. The van der Waals surface area contributed by atoms with Gasteiger partial charge >= 0.3 is 0 Å². The second kappa shape index (κ2) is 4.85. The van der Waals surface area contributed by atoms with Crippen LogP contribution in [0.3, 0.4) is 0 Å². The number of hydrogen-bond donors (Lipinski definition) is 0. The molecule has 0 aliphatic heterocycles. The van der Waals surface area contributed by atoms with Gasteiger partial charge < -0.3 is 0 Å². The Morgan fingerprint density at radius 3 is 2.00 bits per heavy atom. The molecule has 0 radical (unpaired) electrons. The van der Waals surface area contributed by atoms with Crippen LogP contribution in [0.2, 0.25) is 19.6 Å². The van der Waals surface area contributed by atoms with Gasteiger partial charge in [-0.3, -0.25) is 0 Å². The van der Waals surface area contributed by atoms with Gasteiger partial charge in [-0.25, -0.2) is 13.2 Å². The Morgan fingerprint density at radius 2 is 1.37 bits per heavy atom. The van der Waals surface area contributed by atoms with Gasteiger partial charge in [0.05, 0.1) is 8.07 Å². The van der Waals surface area contributed by atoms with Crippen LogP contribution in [-0.4, -0.2) is 8.07 Å². The molecule has 0 fully saturated rings. The van der Waals surface area contributed by atoms with Crippen molar-refractivity contribution in [3.63, 3.8) is 0 Å². The van der Waals surface area contributed by atoms with Crippen LogP contribution < -0.4 is 5.19 Å². The highest BCUT2D eigenvalue weighted by Gasteiger charge is 2.23. The van der Waals surface area contributed by atoms with E-state index in [-0.39, 0.29) is 5.56 Å². The molecule has 0 spiro atoms. The van der Waals surface area contributed by atoms with E-state index < -0.39 is 25.5 Å². The molecule has 0 unspecified atom stereocenters. The topological polar surface area (TPSA) is 0 Å². The van der Waals surface area contributed by atoms with E-state index in [0.29, 0.717) is 5.56 Å². The van der Waals surface area contributed by atoms with Crippen molar-refractivity contribution < 1.29 is 13.2 Å². The Balaban J connectivity index is 2.70. The van der Waals surface area contributed by atoms with Crippen LogP contribution in [0, 0.1) is 17.5 Å². The lowest BCUT2D eigenvalue weighted by Gasteiger charge is -2.21. The van der Waals surface area contributed by atoms with Crippen molar-refractivity contribution in [2.24, 2.45) is 0 Å². The van der Waals surface area contributed by atoms with Gasteiger partial charge in [0.2, 0.25) is 0 Å². The molecule has 0 nitrogen and oxygen atoms in total. The summed E-state index contributed by atoms with van der Waals surface area (Å²) >= 11 is 0. The van der Waals surface area contributed by atoms with Crippen LogP contribution >= 0.6 is 0 Å². The molecular formula is C15H15F3Si. The van der Waals surface area contributed by atoms with E-state index >= 15 is 0 Å². The van der Waals surface area contributed by atoms with Gasteiger partial charge in [-0.05, 0) is 17.7 Å². The zero-order valence-electron chi connectivity index (χ0n) is 11.1. The predicted octanol–water partition coefficient (Wildman–Crippen LogP) is 4.32. The summed E-state index contributed by atoms with van der Waals surface area (Å²) in [5, 5.41) is 1.03.